The molecule has 70 valence electrons. The second-order valence-electron chi connectivity index (χ2n) is 4.82. The van der Waals surface area contributed by atoms with Crippen LogP contribution >= 0.6 is 12.2 Å². The van der Waals surface area contributed by atoms with Crippen molar-refractivity contribution < 1.29 is 0 Å². The standard InChI is InChI=1S/C11H15NS/c1-8-9-4-5-11(6-9,12-7-13)10(8,2)3/h9H,1,4-6H2,2-3H3. The largest absolute Gasteiger partial charge is 0.225 e. The zero-order valence-corrected chi connectivity index (χ0v) is 9.08. The normalized spacial score (nSPS) is 40.5. The van der Waals surface area contributed by atoms with Crippen LogP contribution in [0.15, 0.2) is 17.1 Å². The number of hydrogen-bond donors (Lipinski definition) is 0. The summed E-state index contributed by atoms with van der Waals surface area (Å²) < 4.78 is 0. The van der Waals surface area contributed by atoms with Crippen molar-refractivity contribution in [3.63, 3.8) is 0 Å². The zero-order valence-electron chi connectivity index (χ0n) is 8.26. The van der Waals surface area contributed by atoms with Gasteiger partial charge in [0.1, 0.15) is 0 Å². The van der Waals surface area contributed by atoms with Crippen LogP contribution in [0.3, 0.4) is 0 Å². The van der Waals surface area contributed by atoms with Gasteiger partial charge in [-0.25, -0.2) is 4.99 Å². The Morgan fingerprint density at radius 3 is 2.77 bits per heavy atom. The number of aliphatic imine (C=N–C) groups is 1. The maximum atomic E-state index is 4.74. The summed E-state index contributed by atoms with van der Waals surface area (Å²) >= 11 is 4.74. The van der Waals surface area contributed by atoms with E-state index < -0.39 is 0 Å². The van der Waals surface area contributed by atoms with Crippen molar-refractivity contribution in [2.45, 2.75) is 38.6 Å². The highest BCUT2D eigenvalue weighted by molar-refractivity contribution is 7.78. The summed E-state index contributed by atoms with van der Waals surface area (Å²) in [6, 6.07) is 0. The van der Waals surface area contributed by atoms with Crippen LogP contribution in [0.2, 0.25) is 0 Å². The second-order valence-corrected chi connectivity index (χ2v) is 5.01. The number of hydrogen-bond acceptors (Lipinski definition) is 2. The van der Waals surface area contributed by atoms with Crippen LogP contribution in [0.1, 0.15) is 33.1 Å². The quantitative estimate of drug-likeness (QED) is 0.354. The Kier molecular flexibility index (Phi) is 1.77. The van der Waals surface area contributed by atoms with E-state index in [2.05, 4.69) is 30.6 Å². The van der Waals surface area contributed by atoms with Gasteiger partial charge in [0.05, 0.1) is 10.7 Å². The average Bonchev–Trinajstić information content (AvgIpc) is 2.54. The van der Waals surface area contributed by atoms with Crippen LogP contribution in [0.4, 0.5) is 0 Å². The highest BCUT2D eigenvalue weighted by Gasteiger charge is 2.59. The number of fused-ring (bicyclic) bond motifs is 2. The molecular formula is C11H15NS. The molecular weight excluding hydrogens is 178 g/mol. The first-order valence-electron chi connectivity index (χ1n) is 4.82. The molecule has 2 rings (SSSR count). The van der Waals surface area contributed by atoms with Gasteiger partial charge in [-0.1, -0.05) is 26.0 Å². The molecule has 2 fully saturated rings. The molecule has 2 aliphatic rings. The molecule has 2 bridgehead atoms. The molecule has 2 aliphatic carbocycles. The minimum atomic E-state index is 0.0382. The SMILES string of the molecule is C=C1C2CCC(N=C=S)(C2)C1(C)C. The Bertz CT molecular complexity index is 312. The molecule has 0 heterocycles. The molecule has 0 saturated heterocycles. The minimum Gasteiger partial charge on any atom is -0.225 e. The maximum absolute atomic E-state index is 4.74. The first-order valence-corrected chi connectivity index (χ1v) is 5.23. The Morgan fingerprint density at radius 1 is 1.62 bits per heavy atom. The number of thiocarbonyl (C=S) groups is 1. The van der Waals surface area contributed by atoms with E-state index in [1.807, 2.05) is 0 Å². The van der Waals surface area contributed by atoms with Crippen LogP contribution < -0.4 is 0 Å². The third kappa shape index (κ3) is 0.934. The van der Waals surface area contributed by atoms with Crippen molar-refractivity contribution in [2.24, 2.45) is 16.3 Å². The van der Waals surface area contributed by atoms with E-state index in [0.29, 0.717) is 5.92 Å². The molecule has 0 aromatic rings. The zero-order chi connectivity index (χ0) is 9.69. The number of rotatable bonds is 1. The summed E-state index contributed by atoms with van der Waals surface area (Å²) in [4.78, 5) is 4.42. The molecule has 1 nitrogen and oxygen atoms in total. The predicted octanol–water partition coefficient (Wildman–Crippen LogP) is 3.22. The first-order chi connectivity index (χ1) is 6.03. The average molecular weight is 193 g/mol. The summed E-state index contributed by atoms with van der Waals surface area (Å²) in [6.07, 6.45) is 3.54. The molecule has 0 spiro atoms. The summed E-state index contributed by atoms with van der Waals surface area (Å²) in [6.45, 7) is 8.68. The van der Waals surface area contributed by atoms with Crippen molar-refractivity contribution in [3.8, 4) is 0 Å². The lowest BCUT2D eigenvalue weighted by Gasteiger charge is -2.39. The Labute approximate surface area is 84.9 Å². The summed E-state index contributed by atoms with van der Waals surface area (Å²) in [7, 11) is 0. The van der Waals surface area contributed by atoms with Crippen molar-refractivity contribution in [2.75, 3.05) is 0 Å². The van der Waals surface area contributed by atoms with Crippen molar-refractivity contribution in [1.82, 2.24) is 0 Å². The van der Waals surface area contributed by atoms with Crippen LogP contribution in [0.25, 0.3) is 0 Å². The Morgan fingerprint density at radius 2 is 2.31 bits per heavy atom. The molecule has 0 aromatic heterocycles. The fourth-order valence-electron chi connectivity index (χ4n) is 3.03. The molecule has 2 unspecified atom stereocenters. The molecule has 13 heavy (non-hydrogen) atoms. The molecule has 0 aromatic carbocycles. The molecule has 0 amide bonds. The fourth-order valence-corrected chi connectivity index (χ4v) is 3.20. The highest BCUT2D eigenvalue weighted by atomic mass is 32.1. The summed E-state index contributed by atoms with van der Waals surface area (Å²) in [5, 5.41) is 2.57. The van der Waals surface area contributed by atoms with Gasteiger partial charge in [-0.3, -0.25) is 0 Å². The van der Waals surface area contributed by atoms with E-state index in [1.165, 1.54) is 12.0 Å². The van der Waals surface area contributed by atoms with Crippen molar-refractivity contribution in [3.05, 3.63) is 12.2 Å². The molecule has 0 aliphatic heterocycles. The van der Waals surface area contributed by atoms with Gasteiger partial charge < -0.3 is 0 Å². The predicted molar refractivity (Wildman–Crippen MR) is 58.0 cm³/mol. The molecule has 2 heteroatoms. The smallest absolute Gasteiger partial charge is 0.0804 e. The van der Waals surface area contributed by atoms with Gasteiger partial charge in [-0.2, -0.15) is 0 Å². The molecule has 0 N–H and O–H groups in total. The monoisotopic (exact) mass is 193 g/mol. The molecule has 2 saturated carbocycles. The van der Waals surface area contributed by atoms with E-state index in [-0.39, 0.29) is 11.0 Å². The van der Waals surface area contributed by atoms with E-state index in [0.717, 1.165) is 12.8 Å². The van der Waals surface area contributed by atoms with Crippen LogP contribution in [0, 0.1) is 11.3 Å². The topological polar surface area (TPSA) is 12.4 Å². The third-order valence-electron chi connectivity index (χ3n) is 4.21. The van der Waals surface area contributed by atoms with Crippen molar-refractivity contribution >= 4 is 17.4 Å². The van der Waals surface area contributed by atoms with Gasteiger partial charge in [-0.05, 0) is 37.4 Å². The summed E-state index contributed by atoms with van der Waals surface area (Å²) in [5.41, 5.74) is 1.53. The molecule has 0 radical (unpaired) electrons. The van der Waals surface area contributed by atoms with Crippen LogP contribution in [-0.2, 0) is 0 Å². The van der Waals surface area contributed by atoms with E-state index in [4.69, 9.17) is 12.2 Å². The lowest BCUT2D eigenvalue weighted by molar-refractivity contribution is 0.238. The maximum Gasteiger partial charge on any atom is 0.0804 e. The van der Waals surface area contributed by atoms with E-state index >= 15 is 0 Å². The third-order valence-corrected chi connectivity index (χ3v) is 4.30. The van der Waals surface area contributed by atoms with Gasteiger partial charge in [0.2, 0.25) is 0 Å². The lowest BCUT2D eigenvalue weighted by atomic mass is 9.69. The van der Waals surface area contributed by atoms with Crippen LogP contribution in [-0.4, -0.2) is 10.7 Å². The van der Waals surface area contributed by atoms with E-state index in [9.17, 15) is 0 Å². The number of isothiocyanates is 1. The van der Waals surface area contributed by atoms with Gasteiger partial charge in [0, 0.05) is 5.41 Å². The second kappa shape index (κ2) is 2.52. The van der Waals surface area contributed by atoms with Crippen molar-refractivity contribution in [1.29, 1.82) is 0 Å². The summed E-state index contributed by atoms with van der Waals surface area (Å²) in [5.74, 6) is 0.682. The number of nitrogens with zero attached hydrogens (tertiary/aromatic N) is 1. The lowest BCUT2D eigenvalue weighted by Crippen LogP contribution is -2.38. The van der Waals surface area contributed by atoms with Gasteiger partial charge in [-0.15, -0.1) is 0 Å². The Balaban J connectivity index is 2.49. The first kappa shape index (κ1) is 9.11. The fraction of sp³-hybridized carbons (Fsp3) is 0.727. The van der Waals surface area contributed by atoms with Gasteiger partial charge in [0.25, 0.3) is 0 Å². The van der Waals surface area contributed by atoms with E-state index in [1.54, 1.807) is 0 Å². The van der Waals surface area contributed by atoms with Gasteiger partial charge in [0.15, 0.2) is 0 Å². The highest BCUT2D eigenvalue weighted by Crippen LogP contribution is 2.62. The Hall–Kier alpha value is -0.460. The minimum absolute atomic E-state index is 0.0382. The van der Waals surface area contributed by atoms with Gasteiger partial charge >= 0.3 is 0 Å². The molecule has 2 atom stereocenters. The van der Waals surface area contributed by atoms with Crippen LogP contribution in [0.5, 0.6) is 0 Å².